The van der Waals surface area contributed by atoms with Gasteiger partial charge in [0.2, 0.25) is 0 Å². The first-order valence-corrected chi connectivity index (χ1v) is 11.9. The van der Waals surface area contributed by atoms with Gasteiger partial charge in [0.15, 0.2) is 14.1 Å². The minimum Gasteiger partial charge on any atom is -0.407 e. The summed E-state index contributed by atoms with van der Waals surface area (Å²) < 4.78 is 6.26. The molecule has 24 heavy (non-hydrogen) atoms. The number of hydrogen-bond acceptors (Lipinski definition) is 3. The number of aliphatic hydroxyl groups excluding tert-OH is 1. The van der Waals surface area contributed by atoms with Crippen molar-refractivity contribution in [2.45, 2.75) is 77.8 Å². The summed E-state index contributed by atoms with van der Waals surface area (Å²) in [7, 11) is -2.02. The normalized spacial score (nSPS) is 16.5. The molecule has 136 valence electrons. The van der Waals surface area contributed by atoms with Crippen molar-refractivity contribution in [1.82, 2.24) is 0 Å². The Kier molecular flexibility index (Phi) is 7.38. The van der Waals surface area contributed by atoms with Crippen LogP contribution in [0.25, 0.3) is 0 Å². The standard InChI is InChI=1S/C20H34O3Si/c1-8-12-17(19(22)16-13-10-9-11-14-16)18(21)15(2)23-24(6,7)20(3,4)5/h9-11,13-15,17,19,22H,8,12H2,1-7H3/t15-,17-,19-/m0/s1. The van der Waals surface area contributed by atoms with Crippen LogP contribution >= 0.6 is 0 Å². The highest BCUT2D eigenvalue weighted by Gasteiger charge is 2.41. The monoisotopic (exact) mass is 350 g/mol. The molecular formula is C20H34O3Si. The Morgan fingerprint density at radius 2 is 1.75 bits per heavy atom. The summed E-state index contributed by atoms with van der Waals surface area (Å²) in [6.45, 7) is 14.7. The van der Waals surface area contributed by atoms with E-state index >= 15 is 0 Å². The lowest BCUT2D eigenvalue weighted by Gasteiger charge is -2.39. The molecule has 0 unspecified atom stereocenters. The third-order valence-corrected chi connectivity index (χ3v) is 9.72. The molecule has 3 atom stereocenters. The van der Waals surface area contributed by atoms with E-state index in [1.165, 1.54) is 0 Å². The molecule has 0 fully saturated rings. The zero-order chi connectivity index (χ0) is 18.5. The molecule has 0 aromatic heterocycles. The molecule has 0 heterocycles. The topological polar surface area (TPSA) is 46.5 Å². The van der Waals surface area contributed by atoms with Gasteiger partial charge in [0.1, 0.15) is 6.10 Å². The molecule has 0 saturated heterocycles. The first-order chi connectivity index (χ1) is 11.0. The van der Waals surface area contributed by atoms with Crippen LogP contribution in [0.4, 0.5) is 0 Å². The van der Waals surface area contributed by atoms with Gasteiger partial charge in [-0.15, -0.1) is 0 Å². The summed E-state index contributed by atoms with van der Waals surface area (Å²) in [6.07, 6.45) is 0.262. The van der Waals surface area contributed by atoms with Gasteiger partial charge in [-0.3, -0.25) is 4.79 Å². The third-order valence-electron chi connectivity index (χ3n) is 5.17. The second kappa shape index (κ2) is 8.41. The average Bonchev–Trinajstić information content (AvgIpc) is 2.50. The van der Waals surface area contributed by atoms with Crippen LogP contribution in [0.5, 0.6) is 0 Å². The summed E-state index contributed by atoms with van der Waals surface area (Å²) >= 11 is 0. The highest BCUT2D eigenvalue weighted by molar-refractivity contribution is 6.74. The SMILES string of the molecule is CCC[C@@H](C(=O)[C@H](C)O[Si](C)(C)C(C)(C)C)[C@@H](O)c1ccccc1. The summed E-state index contributed by atoms with van der Waals surface area (Å²) in [5, 5.41) is 10.8. The Labute approximate surface area is 148 Å². The zero-order valence-corrected chi connectivity index (χ0v) is 17.3. The molecule has 1 aromatic carbocycles. The fraction of sp³-hybridized carbons (Fsp3) is 0.650. The zero-order valence-electron chi connectivity index (χ0n) is 16.3. The Balaban J connectivity index is 2.94. The van der Waals surface area contributed by atoms with E-state index in [2.05, 4.69) is 33.9 Å². The predicted molar refractivity (Wildman–Crippen MR) is 103 cm³/mol. The molecule has 4 heteroatoms. The Bertz CT molecular complexity index is 519. The van der Waals surface area contributed by atoms with E-state index in [9.17, 15) is 9.90 Å². The lowest BCUT2D eigenvalue weighted by atomic mass is 9.86. The maximum Gasteiger partial charge on any atom is 0.193 e. The third kappa shape index (κ3) is 5.26. The lowest BCUT2D eigenvalue weighted by molar-refractivity contribution is -0.133. The molecular weight excluding hydrogens is 316 g/mol. The number of aliphatic hydroxyl groups is 1. The number of Topliss-reactive ketones (excluding diaryl/α,β-unsaturated/α-hetero) is 1. The van der Waals surface area contributed by atoms with Gasteiger partial charge in [-0.2, -0.15) is 0 Å². The van der Waals surface area contributed by atoms with Gasteiger partial charge >= 0.3 is 0 Å². The van der Waals surface area contributed by atoms with Crippen molar-refractivity contribution in [3.05, 3.63) is 35.9 Å². The van der Waals surface area contributed by atoms with E-state index in [1.54, 1.807) is 0 Å². The highest BCUT2D eigenvalue weighted by Crippen LogP contribution is 2.38. The van der Waals surface area contributed by atoms with Crippen LogP contribution in [0.2, 0.25) is 18.1 Å². The van der Waals surface area contributed by atoms with E-state index < -0.39 is 26.4 Å². The quantitative estimate of drug-likeness (QED) is 0.662. The Morgan fingerprint density at radius 1 is 1.21 bits per heavy atom. The molecule has 1 N–H and O–H groups in total. The van der Waals surface area contributed by atoms with Crippen LogP contribution in [-0.4, -0.2) is 25.3 Å². The van der Waals surface area contributed by atoms with Crippen molar-refractivity contribution in [2.24, 2.45) is 5.92 Å². The van der Waals surface area contributed by atoms with Crippen LogP contribution < -0.4 is 0 Å². The number of carbonyl (C=O) groups is 1. The van der Waals surface area contributed by atoms with Crippen molar-refractivity contribution in [1.29, 1.82) is 0 Å². The van der Waals surface area contributed by atoms with Crippen LogP contribution in [0.3, 0.4) is 0 Å². The fourth-order valence-corrected chi connectivity index (χ4v) is 3.98. The molecule has 3 nitrogen and oxygen atoms in total. The molecule has 0 aliphatic heterocycles. The first-order valence-electron chi connectivity index (χ1n) is 8.95. The Morgan fingerprint density at radius 3 is 2.21 bits per heavy atom. The van der Waals surface area contributed by atoms with E-state index in [1.807, 2.05) is 44.2 Å². The smallest absolute Gasteiger partial charge is 0.193 e. The molecule has 0 aliphatic carbocycles. The summed E-state index contributed by atoms with van der Waals surface area (Å²) in [5.41, 5.74) is 0.795. The van der Waals surface area contributed by atoms with Crippen LogP contribution in [0.15, 0.2) is 30.3 Å². The summed E-state index contributed by atoms with van der Waals surface area (Å²) in [5.74, 6) is -0.407. The minimum atomic E-state index is -2.02. The van der Waals surface area contributed by atoms with Gasteiger partial charge < -0.3 is 9.53 Å². The molecule has 0 radical (unpaired) electrons. The van der Waals surface area contributed by atoms with Crippen LogP contribution in [0.1, 0.15) is 59.1 Å². The minimum absolute atomic E-state index is 0.0121. The predicted octanol–water partition coefficient (Wildman–Crippen LogP) is 5.12. The molecule has 0 amide bonds. The number of ketones is 1. The number of rotatable bonds is 8. The van der Waals surface area contributed by atoms with Crippen molar-refractivity contribution < 1.29 is 14.3 Å². The van der Waals surface area contributed by atoms with Gasteiger partial charge in [-0.1, -0.05) is 64.4 Å². The lowest BCUT2D eigenvalue weighted by Crippen LogP contribution is -2.46. The van der Waals surface area contributed by atoms with E-state index in [-0.39, 0.29) is 10.8 Å². The second-order valence-corrected chi connectivity index (χ2v) is 12.9. The van der Waals surface area contributed by atoms with E-state index in [4.69, 9.17) is 4.43 Å². The van der Waals surface area contributed by atoms with Gasteiger partial charge in [0.25, 0.3) is 0 Å². The molecule has 1 aromatic rings. The number of benzene rings is 1. The van der Waals surface area contributed by atoms with Gasteiger partial charge in [-0.25, -0.2) is 0 Å². The highest BCUT2D eigenvalue weighted by atomic mass is 28.4. The summed E-state index contributed by atoms with van der Waals surface area (Å²) in [6, 6.07) is 9.44. The maximum atomic E-state index is 13.0. The molecule has 0 saturated carbocycles. The van der Waals surface area contributed by atoms with Crippen molar-refractivity contribution in [3.63, 3.8) is 0 Å². The van der Waals surface area contributed by atoms with Gasteiger partial charge in [0.05, 0.1) is 12.0 Å². The molecule has 1 rings (SSSR count). The van der Waals surface area contributed by atoms with Crippen molar-refractivity contribution >= 4 is 14.1 Å². The second-order valence-electron chi connectivity index (χ2n) is 8.17. The molecule has 0 bridgehead atoms. The first kappa shape index (κ1) is 21.1. The molecule has 0 spiro atoms. The van der Waals surface area contributed by atoms with Gasteiger partial charge in [-0.05, 0) is 37.0 Å². The Hall–Kier alpha value is -0.973. The fourth-order valence-electron chi connectivity index (χ4n) is 2.63. The van der Waals surface area contributed by atoms with Crippen molar-refractivity contribution in [3.8, 4) is 0 Å². The largest absolute Gasteiger partial charge is 0.407 e. The number of carbonyl (C=O) groups excluding carboxylic acids is 1. The molecule has 0 aliphatic rings. The van der Waals surface area contributed by atoms with Crippen LogP contribution in [0, 0.1) is 5.92 Å². The summed E-state index contributed by atoms with van der Waals surface area (Å²) in [4.78, 5) is 13.0. The number of hydrogen-bond donors (Lipinski definition) is 1. The van der Waals surface area contributed by atoms with E-state index in [0.717, 1.165) is 12.0 Å². The van der Waals surface area contributed by atoms with E-state index in [0.29, 0.717) is 6.42 Å². The average molecular weight is 351 g/mol. The van der Waals surface area contributed by atoms with Gasteiger partial charge in [0, 0.05) is 0 Å². The van der Waals surface area contributed by atoms with Crippen LogP contribution in [-0.2, 0) is 9.22 Å². The van der Waals surface area contributed by atoms with Crippen molar-refractivity contribution in [2.75, 3.05) is 0 Å². The maximum absolute atomic E-state index is 13.0.